The van der Waals surface area contributed by atoms with E-state index >= 15 is 0 Å². The summed E-state index contributed by atoms with van der Waals surface area (Å²) in [5.41, 5.74) is 5.68. The summed E-state index contributed by atoms with van der Waals surface area (Å²) in [6.07, 6.45) is 1.39. The van der Waals surface area contributed by atoms with Gasteiger partial charge in [0, 0.05) is 0 Å². The van der Waals surface area contributed by atoms with Crippen molar-refractivity contribution in [3.05, 3.63) is 36.7 Å². The van der Waals surface area contributed by atoms with E-state index in [0.29, 0.717) is 30.5 Å². The number of hydrogen-bond acceptors (Lipinski definition) is 6. The minimum atomic E-state index is 0.309. The number of benzene rings is 1. The number of para-hydroxylation sites is 1. The number of ether oxygens (including phenoxy) is 2. The van der Waals surface area contributed by atoms with Crippen molar-refractivity contribution in [2.24, 2.45) is 0 Å². The van der Waals surface area contributed by atoms with Crippen LogP contribution < -0.4 is 20.5 Å². The molecule has 0 bridgehead atoms. The van der Waals surface area contributed by atoms with Crippen LogP contribution in [0, 0.1) is 0 Å². The van der Waals surface area contributed by atoms with E-state index in [2.05, 4.69) is 15.3 Å². The first kappa shape index (κ1) is 12.9. The fourth-order valence-electron chi connectivity index (χ4n) is 1.57. The molecule has 0 fully saturated rings. The Morgan fingerprint density at radius 2 is 2.00 bits per heavy atom. The molecule has 2 rings (SSSR count). The Labute approximate surface area is 111 Å². The zero-order valence-electron chi connectivity index (χ0n) is 10.7. The molecule has 6 heteroatoms. The van der Waals surface area contributed by atoms with Crippen LogP contribution in [-0.2, 0) is 0 Å². The first-order valence-electron chi connectivity index (χ1n) is 5.87. The van der Waals surface area contributed by atoms with Gasteiger partial charge in [0.05, 0.1) is 13.7 Å². The highest BCUT2D eigenvalue weighted by molar-refractivity contribution is 5.61. The van der Waals surface area contributed by atoms with E-state index in [0.717, 1.165) is 5.75 Å². The molecule has 0 atom stereocenters. The lowest BCUT2D eigenvalue weighted by Gasteiger charge is -2.11. The fraction of sp³-hybridized carbons (Fsp3) is 0.231. The first-order chi connectivity index (χ1) is 9.31. The summed E-state index contributed by atoms with van der Waals surface area (Å²) in [5, 5.41) is 3.09. The molecule has 0 aliphatic rings. The number of nitrogens with two attached hydrogens (primary N) is 1. The largest absolute Gasteiger partial charge is 0.492 e. The third kappa shape index (κ3) is 3.48. The van der Waals surface area contributed by atoms with Crippen molar-refractivity contribution >= 4 is 11.6 Å². The summed E-state index contributed by atoms with van der Waals surface area (Å²) < 4.78 is 10.7. The average Bonchev–Trinajstić information content (AvgIpc) is 2.45. The minimum absolute atomic E-state index is 0.309. The number of nitrogen functional groups attached to an aromatic ring is 1. The zero-order chi connectivity index (χ0) is 13.5. The maximum atomic E-state index is 5.68. The molecule has 0 saturated carbocycles. The Hall–Kier alpha value is -2.50. The van der Waals surface area contributed by atoms with Gasteiger partial charge in [-0.1, -0.05) is 18.2 Å². The van der Waals surface area contributed by atoms with E-state index in [1.54, 1.807) is 0 Å². The highest BCUT2D eigenvalue weighted by Gasteiger charge is 2.08. The zero-order valence-corrected chi connectivity index (χ0v) is 10.7. The van der Waals surface area contributed by atoms with Gasteiger partial charge in [0.15, 0.2) is 11.6 Å². The Morgan fingerprint density at radius 3 is 2.74 bits per heavy atom. The molecule has 0 radical (unpaired) electrons. The second-order valence-corrected chi connectivity index (χ2v) is 3.73. The molecule has 0 amide bonds. The molecule has 19 heavy (non-hydrogen) atoms. The van der Waals surface area contributed by atoms with Crippen LogP contribution in [0.3, 0.4) is 0 Å². The molecule has 0 aliphatic heterocycles. The molecule has 1 heterocycles. The predicted molar refractivity (Wildman–Crippen MR) is 73.4 cm³/mol. The summed E-state index contributed by atoms with van der Waals surface area (Å²) in [6.45, 7) is 1.10. The van der Waals surface area contributed by atoms with Gasteiger partial charge in [-0.05, 0) is 12.1 Å². The first-order valence-corrected chi connectivity index (χ1v) is 5.87. The van der Waals surface area contributed by atoms with Crippen LogP contribution >= 0.6 is 0 Å². The number of methoxy groups -OCH3 is 1. The lowest BCUT2D eigenvalue weighted by molar-refractivity contribution is 0.332. The third-order valence-electron chi connectivity index (χ3n) is 2.44. The van der Waals surface area contributed by atoms with E-state index in [-0.39, 0.29) is 0 Å². The molecular weight excluding hydrogens is 244 g/mol. The number of aromatic nitrogens is 2. The van der Waals surface area contributed by atoms with Crippen molar-refractivity contribution in [1.29, 1.82) is 0 Å². The standard InChI is InChI=1S/C13H16N4O2/c1-18-11-12(14)16-9-17-13(11)15-7-8-19-10-5-3-2-4-6-10/h2-6,9H,7-8H2,1H3,(H3,14,15,16,17). The lowest BCUT2D eigenvalue weighted by Crippen LogP contribution is -2.13. The van der Waals surface area contributed by atoms with Gasteiger partial charge in [-0.3, -0.25) is 0 Å². The Bertz CT molecular complexity index is 519. The van der Waals surface area contributed by atoms with Crippen LogP contribution in [0.4, 0.5) is 11.6 Å². The Kier molecular flexibility index (Phi) is 4.39. The van der Waals surface area contributed by atoms with E-state index in [1.807, 2.05) is 30.3 Å². The van der Waals surface area contributed by atoms with E-state index < -0.39 is 0 Å². The topological polar surface area (TPSA) is 82.3 Å². The monoisotopic (exact) mass is 260 g/mol. The van der Waals surface area contributed by atoms with Crippen LogP contribution in [0.1, 0.15) is 0 Å². The molecule has 3 N–H and O–H groups in total. The van der Waals surface area contributed by atoms with Crippen LogP contribution in [0.15, 0.2) is 36.7 Å². The van der Waals surface area contributed by atoms with Gasteiger partial charge in [0.25, 0.3) is 0 Å². The molecule has 2 aromatic rings. The molecular formula is C13H16N4O2. The number of nitrogens with zero attached hydrogens (tertiary/aromatic N) is 2. The molecule has 0 saturated heterocycles. The van der Waals surface area contributed by atoms with Gasteiger partial charge < -0.3 is 20.5 Å². The van der Waals surface area contributed by atoms with E-state index in [1.165, 1.54) is 13.4 Å². The number of anilines is 2. The Morgan fingerprint density at radius 1 is 1.21 bits per heavy atom. The number of nitrogens with one attached hydrogen (secondary N) is 1. The number of hydrogen-bond donors (Lipinski definition) is 2. The summed E-state index contributed by atoms with van der Waals surface area (Å²) in [7, 11) is 1.53. The third-order valence-corrected chi connectivity index (χ3v) is 2.44. The smallest absolute Gasteiger partial charge is 0.203 e. The maximum Gasteiger partial charge on any atom is 0.203 e. The van der Waals surface area contributed by atoms with Crippen LogP contribution in [0.2, 0.25) is 0 Å². The van der Waals surface area contributed by atoms with E-state index in [9.17, 15) is 0 Å². The summed E-state index contributed by atoms with van der Waals surface area (Å²) >= 11 is 0. The van der Waals surface area contributed by atoms with Crippen LogP contribution in [-0.4, -0.2) is 30.2 Å². The normalized spacial score (nSPS) is 9.95. The molecule has 1 aromatic heterocycles. The summed E-state index contributed by atoms with van der Waals surface area (Å²) in [5.74, 6) is 2.15. The predicted octanol–water partition coefficient (Wildman–Crippen LogP) is 1.56. The summed E-state index contributed by atoms with van der Waals surface area (Å²) in [6, 6.07) is 9.61. The highest BCUT2D eigenvalue weighted by atomic mass is 16.5. The fourth-order valence-corrected chi connectivity index (χ4v) is 1.57. The SMILES string of the molecule is COc1c(N)ncnc1NCCOc1ccccc1. The van der Waals surface area contributed by atoms with Crippen molar-refractivity contribution in [3.63, 3.8) is 0 Å². The van der Waals surface area contributed by atoms with Gasteiger partial charge >= 0.3 is 0 Å². The van der Waals surface area contributed by atoms with Crippen LogP contribution in [0.5, 0.6) is 11.5 Å². The van der Waals surface area contributed by atoms with Gasteiger partial charge in [-0.2, -0.15) is 0 Å². The van der Waals surface area contributed by atoms with Crippen molar-refractivity contribution in [2.75, 3.05) is 31.3 Å². The van der Waals surface area contributed by atoms with Gasteiger partial charge in [0.2, 0.25) is 5.75 Å². The second-order valence-electron chi connectivity index (χ2n) is 3.73. The molecule has 1 aromatic carbocycles. The van der Waals surface area contributed by atoms with E-state index in [4.69, 9.17) is 15.2 Å². The van der Waals surface area contributed by atoms with Crippen LogP contribution in [0.25, 0.3) is 0 Å². The lowest BCUT2D eigenvalue weighted by atomic mass is 10.3. The number of rotatable bonds is 6. The summed E-state index contributed by atoms with van der Waals surface area (Å²) in [4.78, 5) is 7.93. The van der Waals surface area contributed by atoms with Gasteiger partial charge in [0.1, 0.15) is 18.7 Å². The average molecular weight is 260 g/mol. The second kappa shape index (κ2) is 6.44. The van der Waals surface area contributed by atoms with Crippen molar-refractivity contribution < 1.29 is 9.47 Å². The maximum absolute atomic E-state index is 5.68. The molecule has 6 nitrogen and oxygen atoms in total. The minimum Gasteiger partial charge on any atom is -0.492 e. The van der Waals surface area contributed by atoms with Crippen molar-refractivity contribution in [3.8, 4) is 11.5 Å². The molecule has 100 valence electrons. The van der Waals surface area contributed by atoms with Crippen molar-refractivity contribution in [2.45, 2.75) is 0 Å². The molecule has 0 unspecified atom stereocenters. The molecule has 0 aliphatic carbocycles. The Balaban J connectivity index is 1.85. The van der Waals surface area contributed by atoms with Crippen molar-refractivity contribution in [1.82, 2.24) is 9.97 Å². The van der Waals surface area contributed by atoms with Gasteiger partial charge in [-0.25, -0.2) is 9.97 Å². The molecule has 0 spiro atoms. The van der Waals surface area contributed by atoms with Gasteiger partial charge in [-0.15, -0.1) is 0 Å². The quantitative estimate of drug-likeness (QED) is 0.767. The highest BCUT2D eigenvalue weighted by Crippen LogP contribution is 2.25.